The predicted octanol–water partition coefficient (Wildman–Crippen LogP) is 3.56. The highest BCUT2D eigenvalue weighted by Crippen LogP contribution is 2.21. The van der Waals surface area contributed by atoms with Crippen LogP contribution in [0.5, 0.6) is 0 Å². The van der Waals surface area contributed by atoms with Crippen LogP contribution in [0, 0.1) is 5.92 Å². The van der Waals surface area contributed by atoms with Crippen LogP contribution < -0.4 is 0 Å². The second-order valence-corrected chi connectivity index (χ2v) is 6.74. The Morgan fingerprint density at radius 3 is 1.83 bits per heavy atom. The van der Waals surface area contributed by atoms with Crippen LogP contribution in [0.1, 0.15) is 24.0 Å². The molecule has 3 heteroatoms. The predicted molar refractivity (Wildman–Crippen MR) is 97.4 cm³/mol. The molecule has 0 N–H and O–H groups in total. The smallest absolute Gasteiger partial charge is 0.226 e. The molecule has 0 unspecified atom stereocenters. The van der Waals surface area contributed by atoms with Gasteiger partial charge in [0.1, 0.15) is 0 Å². The Balaban J connectivity index is 1.74. The minimum absolute atomic E-state index is 0.161. The summed E-state index contributed by atoms with van der Waals surface area (Å²) in [7, 11) is 2.13. The minimum atomic E-state index is 0.161. The van der Waals surface area contributed by atoms with E-state index in [4.69, 9.17) is 0 Å². The summed E-state index contributed by atoms with van der Waals surface area (Å²) in [4.78, 5) is 17.5. The average molecular weight is 322 g/mol. The van der Waals surface area contributed by atoms with E-state index in [0.29, 0.717) is 19.0 Å². The molecule has 2 aromatic carbocycles. The maximum atomic E-state index is 13.1. The van der Waals surface area contributed by atoms with Crippen LogP contribution in [0.25, 0.3) is 0 Å². The average Bonchev–Trinajstić information content (AvgIpc) is 2.63. The number of nitrogens with zero attached hydrogens (tertiary/aromatic N) is 2. The van der Waals surface area contributed by atoms with Gasteiger partial charge in [-0.3, -0.25) is 4.79 Å². The van der Waals surface area contributed by atoms with E-state index in [1.807, 2.05) is 41.3 Å². The van der Waals surface area contributed by atoms with Gasteiger partial charge in [-0.05, 0) is 44.1 Å². The molecule has 0 bridgehead atoms. The summed E-state index contributed by atoms with van der Waals surface area (Å²) in [6.07, 6.45) is 1.94. The van der Waals surface area contributed by atoms with Gasteiger partial charge in [-0.1, -0.05) is 60.7 Å². The first-order valence-electron chi connectivity index (χ1n) is 8.77. The van der Waals surface area contributed by atoms with Crippen molar-refractivity contribution in [3.63, 3.8) is 0 Å². The van der Waals surface area contributed by atoms with Crippen LogP contribution in [-0.4, -0.2) is 35.8 Å². The van der Waals surface area contributed by atoms with Crippen LogP contribution in [-0.2, 0) is 17.9 Å². The highest BCUT2D eigenvalue weighted by Gasteiger charge is 2.27. The Hall–Kier alpha value is -2.13. The normalized spacial score (nSPS) is 16.0. The van der Waals surface area contributed by atoms with E-state index in [9.17, 15) is 4.79 Å². The molecule has 0 spiro atoms. The molecule has 1 saturated heterocycles. The second kappa shape index (κ2) is 8.11. The summed E-state index contributed by atoms with van der Waals surface area (Å²) in [5, 5.41) is 0. The molecular formula is C21H26N2O. The molecule has 0 atom stereocenters. The quantitative estimate of drug-likeness (QED) is 0.840. The number of likely N-dealkylation sites (tertiary alicyclic amines) is 1. The topological polar surface area (TPSA) is 23.6 Å². The molecule has 0 aliphatic carbocycles. The first kappa shape index (κ1) is 16.7. The van der Waals surface area contributed by atoms with Crippen molar-refractivity contribution in [3.05, 3.63) is 71.8 Å². The monoisotopic (exact) mass is 322 g/mol. The van der Waals surface area contributed by atoms with E-state index in [1.54, 1.807) is 0 Å². The Bertz CT molecular complexity index is 592. The first-order valence-corrected chi connectivity index (χ1v) is 8.77. The van der Waals surface area contributed by atoms with Crippen molar-refractivity contribution in [2.24, 2.45) is 5.92 Å². The number of hydrogen-bond donors (Lipinski definition) is 0. The molecule has 0 aromatic heterocycles. The minimum Gasteiger partial charge on any atom is -0.334 e. The van der Waals surface area contributed by atoms with E-state index in [2.05, 4.69) is 36.2 Å². The lowest BCUT2D eigenvalue weighted by atomic mass is 9.95. The SMILES string of the molecule is CN1CCC(C(=O)N(Cc2ccccc2)Cc2ccccc2)CC1. The van der Waals surface area contributed by atoms with Crippen molar-refractivity contribution in [3.8, 4) is 0 Å². The number of carbonyl (C=O) groups is 1. The van der Waals surface area contributed by atoms with Crippen LogP contribution in [0.4, 0.5) is 0 Å². The lowest BCUT2D eigenvalue weighted by Crippen LogP contribution is -2.41. The van der Waals surface area contributed by atoms with Gasteiger partial charge >= 0.3 is 0 Å². The molecule has 0 radical (unpaired) electrons. The van der Waals surface area contributed by atoms with E-state index in [1.165, 1.54) is 11.1 Å². The highest BCUT2D eigenvalue weighted by molar-refractivity contribution is 5.79. The lowest BCUT2D eigenvalue weighted by Gasteiger charge is -2.32. The van der Waals surface area contributed by atoms with Gasteiger partial charge in [-0.2, -0.15) is 0 Å². The van der Waals surface area contributed by atoms with Gasteiger partial charge in [0.05, 0.1) is 0 Å². The molecule has 1 amide bonds. The summed E-state index contributed by atoms with van der Waals surface area (Å²) in [5.41, 5.74) is 2.38. The first-order chi connectivity index (χ1) is 11.7. The molecular weight excluding hydrogens is 296 g/mol. The summed E-state index contributed by atoms with van der Waals surface area (Å²) in [6.45, 7) is 3.39. The van der Waals surface area contributed by atoms with Crippen LogP contribution in [0.2, 0.25) is 0 Å². The number of benzene rings is 2. The summed E-state index contributed by atoms with van der Waals surface area (Å²) >= 11 is 0. The third kappa shape index (κ3) is 4.45. The van der Waals surface area contributed by atoms with E-state index in [-0.39, 0.29) is 5.92 Å². The van der Waals surface area contributed by atoms with Crippen molar-refractivity contribution in [2.45, 2.75) is 25.9 Å². The number of amides is 1. The second-order valence-electron chi connectivity index (χ2n) is 6.74. The van der Waals surface area contributed by atoms with E-state index in [0.717, 1.165) is 25.9 Å². The fraction of sp³-hybridized carbons (Fsp3) is 0.381. The molecule has 2 aromatic rings. The molecule has 3 nitrogen and oxygen atoms in total. The fourth-order valence-electron chi connectivity index (χ4n) is 3.33. The summed E-state index contributed by atoms with van der Waals surface area (Å²) in [5.74, 6) is 0.462. The van der Waals surface area contributed by atoms with Crippen molar-refractivity contribution in [1.82, 2.24) is 9.80 Å². The zero-order chi connectivity index (χ0) is 16.8. The van der Waals surface area contributed by atoms with Gasteiger partial charge < -0.3 is 9.80 Å². The Kier molecular flexibility index (Phi) is 5.65. The van der Waals surface area contributed by atoms with Crippen molar-refractivity contribution in [1.29, 1.82) is 0 Å². The van der Waals surface area contributed by atoms with E-state index < -0.39 is 0 Å². The third-order valence-electron chi connectivity index (χ3n) is 4.81. The number of rotatable bonds is 5. The van der Waals surface area contributed by atoms with Crippen LogP contribution in [0.3, 0.4) is 0 Å². The molecule has 0 saturated carbocycles. The van der Waals surface area contributed by atoms with Gasteiger partial charge in [-0.25, -0.2) is 0 Å². The fourth-order valence-corrected chi connectivity index (χ4v) is 3.33. The molecule has 1 heterocycles. The Morgan fingerprint density at radius 2 is 1.38 bits per heavy atom. The lowest BCUT2D eigenvalue weighted by molar-refractivity contribution is -0.138. The highest BCUT2D eigenvalue weighted by atomic mass is 16.2. The molecule has 3 rings (SSSR count). The third-order valence-corrected chi connectivity index (χ3v) is 4.81. The summed E-state index contributed by atoms with van der Waals surface area (Å²) < 4.78 is 0. The number of carbonyl (C=O) groups excluding carboxylic acids is 1. The van der Waals surface area contributed by atoms with Gasteiger partial charge in [0, 0.05) is 19.0 Å². The van der Waals surface area contributed by atoms with Crippen LogP contribution >= 0.6 is 0 Å². The summed E-state index contributed by atoms with van der Waals surface area (Å²) in [6, 6.07) is 20.6. The van der Waals surface area contributed by atoms with Crippen LogP contribution in [0.15, 0.2) is 60.7 Å². The zero-order valence-corrected chi connectivity index (χ0v) is 14.4. The van der Waals surface area contributed by atoms with E-state index >= 15 is 0 Å². The maximum Gasteiger partial charge on any atom is 0.226 e. The molecule has 1 aliphatic rings. The molecule has 126 valence electrons. The van der Waals surface area contributed by atoms with Crippen molar-refractivity contribution >= 4 is 5.91 Å². The Labute approximate surface area is 144 Å². The van der Waals surface area contributed by atoms with Gasteiger partial charge in [0.25, 0.3) is 0 Å². The molecule has 24 heavy (non-hydrogen) atoms. The number of hydrogen-bond acceptors (Lipinski definition) is 2. The standard InChI is InChI=1S/C21H26N2O/c1-22-14-12-20(13-15-22)21(24)23(16-18-8-4-2-5-9-18)17-19-10-6-3-7-11-19/h2-11,20H,12-17H2,1H3. The van der Waals surface area contributed by atoms with Gasteiger partial charge in [-0.15, -0.1) is 0 Å². The van der Waals surface area contributed by atoms with Crippen molar-refractivity contribution in [2.75, 3.05) is 20.1 Å². The van der Waals surface area contributed by atoms with Gasteiger partial charge in [0.15, 0.2) is 0 Å². The number of piperidine rings is 1. The maximum absolute atomic E-state index is 13.1. The largest absolute Gasteiger partial charge is 0.334 e. The Morgan fingerprint density at radius 1 is 0.917 bits per heavy atom. The van der Waals surface area contributed by atoms with Crippen molar-refractivity contribution < 1.29 is 4.79 Å². The molecule has 1 fully saturated rings. The molecule has 1 aliphatic heterocycles. The zero-order valence-electron chi connectivity index (χ0n) is 14.4. The van der Waals surface area contributed by atoms with Gasteiger partial charge in [0.2, 0.25) is 5.91 Å².